The maximum atomic E-state index is 13.1. The van der Waals surface area contributed by atoms with Gasteiger partial charge < -0.3 is 10.7 Å². The number of benzene rings is 1. The van der Waals surface area contributed by atoms with Crippen LogP contribution in [0.2, 0.25) is 0 Å². The molecule has 3 heterocycles. The first-order chi connectivity index (χ1) is 16.4. The van der Waals surface area contributed by atoms with Crippen molar-refractivity contribution >= 4 is 40.7 Å². The SMILES string of the molecule is Cc1ccc(N=C(CC(=N)C2CCN(SC(C)C)CC2)NC(=O)c2cnn3cccnc23)cc1. The molecule has 0 radical (unpaired) electrons. The van der Waals surface area contributed by atoms with Crippen molar-refractivity contribution in [2.24, 2.45) is 10.9 Å². The van der Waals surface area contributed by atoms with Crippen LogP contribution in [0.1, 0.15) is 49.0 Å². The number of carbonyl (C=O) groups excluding carboxylic acids is 1. The fraction of sp³-hybridized carbons (Fsp3) is 0.400. The van der Waals surface area contributed by atoms with Gasteiger partial charge in [-0.25, -0.2) is 14.5 Å². The number of aryl methyl sites for hydroxylation is 1. The minimum absolute atomic E-state index is 0.197. The highest BCUT2D eigenvalue weighted by Gasteiger charge is 2.25. The van der Waals surface area contributed by atoms with Crippen molar-refractivity contribution in [3.63, 3.8) is 0 Å². The lowest BCUT2D eigenvalue weighted by Crippen LogP contribution is -2.36. The second-order valence-electron chi connectivity index (χ2n) is 8.85. The van der Waals surface area contributed by atoms with Crippen LogP contribution in [-0.2, 0) is 0 Å². The lowest BCUT2D eigenvalue weighted by molar-refractivity contribution is 0.0978. The summed E-state index contributed by atoms with van der Waals surface area (Å²) < 4.78 is 3.96. The molecule has 1 saturated heterocycles. The zero-order chi connectivity index (χ0) is 24.1. The monoisotopic (exact) mass is 477 g/mol. The van der Waals surface area contributed by atoms with Gasteiger partial charge in [0.2, 0.25) is 0 Å². The van der Waals surface area contributed by atoms with Gasteiger partial charge in [0.25, 0.3) is 5.91 Å². The van der Waals surface area contributed by atoms with Crippen molar-refractivity contribution in [1.29, 1.82) is 5.41 Å². The van der Waals surface area contributed by atoms with Crippen molar-refractivity contribution in [2.45, 2.75) is 45.3 Å². The second-order valence-corrected chi connectivity index (χ2v) is 10.5. The number of carbonyl (C=O) groups is 1. The highest BCUT2D eigenvalue weighted by atomic mass is 32.2. The van der Waals surface area contributed by atoms with Crippen LogP contribution in [0.5, 0.6) is 0 Å². The molecule has 0 aliphatic carbocycles. The molecule has 1 aliphatic heterocycles. The third-order valence-corrected chi connectivity index (χ3v) is 6.83. The van der Waals surface area contributed by atoms with Crippen LogP contribution < -0.4 is 5.32 Å². The summed E-state index contributed by atoms with van der Waals surface area (Å²) in [6.45, 7) is 8.37. The van der Waals surface area contributed by atoms with E-state index in [1.807, 2.05) is 43.1 Å². The van der Waals surface area contributed by atoms with E-state index in [1.165, 1.54) is 6.20 Å². The topological polar surface area (TPSA) is 98.7 Å². The first kappa shape index (κ1) is 24.1. The van der Waals surface area contributed by atoms with E-state index in [-0.39, 0.29) is 11.8 Å². The summed E-state index contributed by atoms with van der Waals surface area (Å²) >= 11 is 1.88. The van der Waals surface area contributed by atoms with Gasteiger partial charge in [0.1, 0.15) is 11.4 Å². The van der Waals surface area contributed by atoms with Crippen molar-refractivity contribution < 1.29 is 4.79 Å². The Bertz CT molecular complexity index is 1180. The fourth-order valence-corrected chi connectivity index (χ4v) is 5.02. The normalized spacial score (nSPS) is 15.7. The molecule has 0 atom stereocenters. The fourth-order valence-electron chi connectivity index (χ4n) is 4.01. The summed E-state index contributed by atoms with van der Waals surface area (Å²) in [6, 6.07) is 9.58. The lowest BCUT2D eigenvalue weighted by atomic mass is 9.91. The molecule has 0 bridgehead atoms. The first-order valence-corrected chi connectivity index (χ1v) is 12.5. The largest absolute Gasteiger partial charge is 0.310 e. The van der Waals surface area contributed by atoms with Gasteiger partial charge >= 0.3 is 0 Å². The molecular formula is C25H31N7OS. The zero-order valence-corrected chi connectivity index (χ0v) is 20.7. The second kappa shape index (κ2) is 10.9. The van der Waals surface area contributed by atoms with Gasteiger partial charge in [-0.15, -0.1) is 0 Å². The van der Waals surface area contributed by atoms with Crippen molar-refractivity contribution in [3.8, 4) is 0 Å². The Labute approximate surface area is 204 Å². The van der Waals surface area contributed by atoms with E-state index in [1.54, 1.807) is 23.0 Å². The molecule has 2 N–H and O–H groups in total. The predicted molar refractivity (Wildman–Crippen MR) is 138 cm³/mol. The number of piperidine rings is 1. The smallest absolute Gasteiger partial charge is 0.262 e. The lowest BCUT2D eigenvalue weighted by Gasteiger charge is -2.32. The molecule has 1 aliphatic rings. The third kappa shape index (κ3) is 6.09. The van der Waals surface area contributed by atoms with E-state index in [9.17, 15) is 4.79 Å². The molecule has 1 amide bonds. The van der Waals surface area contributed by atoms with Crippen LogP contribution in [-0.4, -0.2) is 54.7 Å². The van der Waals surface area contributed by atoms with Gasteiger partial charge in [0.15, 0.2) is 5.65 Å². The molecule has 34 heavy (non-hydrogen) atoms. The Morgan fingerprint density at radius 1 is 1.26 bits per heavy atom. The van der Waals surface area contributed by atoms with Gasteiger partial charge in [-0.05, 0) is 43.9 Å². The molecule has 1 fully saturated rings. The summed E-state index contributed by atoms with van der Waals surface area (Å²) in [5, 5.41) is 16.5. The highest BCUT2D eigenvalue weighted by molar-refractivity contribution is 7.97. The molecule has 4 rings (SSSR count). The molecule has 0 spiro atoms. The molecule has 3 aromatic rings. The van der Waals surface area contributed by atoms with Crippen LogP contribution in [0.15, 0.2) is 53.9 Å². The number of hydrogen-bond donors (Lipinski definition) is 2. The number of amidine groups is 1. The molecule has 0 saturated carbocycles. The zero-order valence-electron chi connectivity index (χ0n) is 19.9. The molecular weight excluding hydrogens is 446 g/mol. The Morgan fingerprint density at radius 3 is 2.71 bits per heavy atom. The van der Waals surface area contributed by atoms with E-state index >= 15 is 0 Å². The van der Waals surface area contributed by atoms with E-state index < -0.39 is 0 Å². The van der Waals surface area contributed by atoms with Gasteiger partial charge in [0.05, 0.1) is 11.9 Å². The summed E-state index contributed by atoms with van der Waals surface area (Å²) in [7, 11) is 0. The maximum absolute atomic E-state index is 13.1. The van der Waals surface area contributed by atoms with Crippen LogP contribution >= 0.6 is 11.9 Å². The minimum Gasteiger partial charge on any atom is -0.310 e. The number of nitrogens with one attached hydrogen (secondary N) is 2. The number of aromatic nitrogens is 3. The number of fused-ring (bicyclic) bond motifs is 1. The molecule has 8 nitrogen and oxygen atoms in total. The maximum Gasteiger partial charge on any atom is 0.262 e. The van der Waals surface area contributed by atoms with Crippen LogP contribution in [0, 0.1) is 18.3 Å². The summed E-state index contributed by atoms with van der Waals surface area (Å²) in [6.07, 6.45) is 7.09. The third-order valence-electron chi connectivity index (χ3n) is 5.74. The molecule has 178 valence electrons. The van der Waals surface area contributed by atoms with E-state index in [2.05, 4.69) is 33.6 Å². The van der Waals surface area contributed by atoms with Crippen molar-refractivity contribution in [2.75, 3.05) is 13.1 Å². The number of hydrogen-bond acceptors (Lipinski definition) is 7. The van der Waals surface area contributed by atoms with E-state index in [0.717, 1.165) is 37.2 Å². The summed E-state index contributed by atoms with van der Waals surface area (Å²) in [5.41, 5.74) is 3.36. The van der Waals surface area contributed by atoms with Gasteiger partial charge in [0, 0.05) is 42.9 Å². The number of amides is 1. The highest BCUT2D eigenvalue weighted by Crippen LogP contribution is 2.27. The predicted octanol–water partition coefficient (Wildman–Crippen LogP) is 4.68. The standard InChI is InChI=1S/C25H31N7OS/c1-17(2)34-31-13-9-19(10-14-31)22(26)15-23(29-20-7-5-18(3)6-8-20)30-25(33)21-16-28-32-12-4-11-27-24(21)32/h4-8,11-12,16-17,19,26H,9-10,13-15H2,1-3H3,(H,29,30,33). The number of aliphatic imine (C=N–C) groups is 1. The molecule has 2 aromatic heterocycles. The van der Waals surface area contributed by atoms with Gasteiger partial charge in [-0.2, -0.15) is 5.10 Å². The number of rotatable bonds is 7. The van der Waals surface area contributed by atoms with Crippen molar-refractivity contribution in [3.05, 3.63) is 60.0 Å². The molecule has 0 unspecified atom stereocenters. The molecule has 9 heteroatoms. The average Bonchev–Trinajstić information content (AvgIpc) is 3.25. The summed E-state index contributed by atoms with van der Waals surface area (Å²) in [5.74, 6) is 0.339. The average molecular weight is 478 g/mol. The Morgan fingerprint density at radius 2 is 2.00 bits per heavy atom. The van der Waals surface area contributed by atoms with E-state index in [4.69, 9.17) is 10.4 Å². The first-order valence-electron chi connectivity index (χ1n) is 11.6. The van der Waals surface area contributed by atoms with Gasteiger partial charge in [-0.1, -0.05) is 43.5 Å². The van der Waals surface area contributed by atoms with Crippen molar-refractivity contribution in [1.82, 2.24) is 24.2 Å². The van der Waals surface area contributed by atoms with Crippen LogP contribution in [0.4, 0.5) is 5.69 Å². The quantitative estimate of drug-likeness (QED) is 0.293. The minimum atomic E-state index is -0.324. The van der Waals surface area contributed by atoms with Gasteiger partial charge in [-0.3, -0.25) is 9.10 Å². The van der Waals surface area contributed by atoms with Crippen LogP contribution in [0.25, 0.3) is 5.65 Å². The number of nitrogens with zero attached hydrogens (tertiary/aromatic N) is 5. The Hall–Kier alpha value is -3.04. The van der Waals surface area contributed by atoms with E-state index in [0.29, 0.717) is 34.4 Å². The summed E-state index contributed by atoms with van der Waals surface area (Å²) in [4.78, 5) is 22.1. The molecule has 1 aromatic carbocycles. The Kier molecular flexibility index (Phi) is 7.74. The van der Waals surface area contributed by atoms with Crippen LogP contribution in [0.3, 0.4) is 0 Å². The Balaban J connectivity index is 1.50.